The van der Waals surface area contributed by atoms with Gasteiger partial charge in [-0.25, -0.2) is 21.8 Å². The first-order chi connectivity index (χ1) is 8.70. The summed E-state index contributed by atoms with van der Waals surface area (Å²) in [6.45, 7) is 0. The number of pyridine rings is 1. The first kappa shape index (κ1) is 15.0. The van der Waals surface area contributed by atoms with Crippen molar-refractivity contribution in [1.82, 2.24) is 4.98 Å². The second kappa shape index (κ2) is 5.19. The Balaban J connectivity index is 2.25. The van der Waals surface area contributed by atoms with E-state index in [0.29, 0.717) is 4.60 Å². The van der Waals surface area contributed by atoms with E-state index in [-0.39, 0.29) is 28.6 Å². The molecule has 0 amide bonds. The van der Waals surface area contributed by atoms with E-state index >= 15 is 0 Å². The Kier molecular flexibility index (Phi) is 4.10. The number of hydrogen-bond donors (Lipinski definition) is 1. The maximum atomic E-state index is 12.1. The number of rotatable bonds is 3. The zero-order valence-corrected chi connectivity index (χ0v) is 13.5. The SMILES string of the molecule is O=S1(=O)CCC(S(=O)(=O)Nc2cc(Cl)cnc2Br)C1. The summed E-state index contributed by atoms with van der Waals surface area (Å²) in [7, 11) is -7.04. The van der Waals surface area contributed by atoms with Crippen LogP contribution >= 0.6 is 27.5 Å². The highest BCUT2D eigenvalue weighted by Gasteiger charge is 2.37. The van der Waals surface area contributed by atoms with Crippen LogP contribution in [-0.2, 0) is 19.9 Å². The molecule has 1 aromatic heterocycles. The van der Waals surface area contributed by atoms with Gasteiger partial charge in [-0.2, -0.15) is 0 Å². The van der Waals surface area contributed by atoms with Gasteiger partial charge in [0.15, 0.2) is 9.84 Å². The molecule has 1 saturated heterocycles. The van der Waals surface area contributed by atoms with Crippen molar-refractivity contribution in [2.45, 2.75) is 11.7 Å². The predicted octanol–water partition coefficient (Wildman–Crippen LogP) is 1.43. The van der Waals surface area contributed by atoms with Crippen LogP contribution in [0.5, 0.6) is 0 Å². The van der Waals surface area contributed by atoms with Crippen LogP contribution < -0.4 is 4.72 Å². The smallest absolute Gasteiger partial charge is 0.236 e. The Hall–Kier alpha value is -0.380. The van der Waals surface area contributed by atoms with E-state index in [1.165, 1.54) is 12.3 Å². The average Bonchev–Trinajstić information content (AvgIpc) is 2.65. The van der Waals surface area contributed by atoms with Crippen molar-refractivity contribution >= 4 is 53.1 Å². The van der Waals surface area contributed by atoms with Gasteiger partial charge < -0.3 is 0 Å². The van der Waals surface area contributed by atoms with E-state index in [4.69, 9.17) is 11.6 Å². The molecule has 0 aliphatic carbocycles. The van der Waals surface area contributed by atoms with Crippen LogP contribution in [0.3, 0.4) is 0 Å². The van der Waals surface area contributed by atoms with Gasteiger partial charge in [0.05, 0.1) is 27.5 Å². The molecule has 0 aromatic carbocycles. The van der Waals surface area contributed by atoms with E-state index in [1.807, 2.05) is 0 Å². The minimum absolute atomic E-state index is 0.100. The summed E-state index contributed by atoms with van der Waals surface area (Å²) in [4.78, 5) is 3.86. The molecule has 1 atom stereocenters. The number of sulfone groups is 1. The Bertz CT molecular complexity index is 705. The van der Waals surface area contributed by atoms with Crippen molar-refractivity contribution in [2.75, 3.05) is 16.2 Å². The van der Waals surface area contributed by atoms with Crippen molar-refractivity contribution in [1.29, 1.82) is 0 Å². The van der Waals surface area contributed by atoms with Crippen molar-refractivity contribution < 1.29 is 16.8 Å². The lowest BCUT2D eigenvalue weighted by Crippen LogP contribution is -2.29. The molecule has 0 bridgehead atoms. The molecule has 6 nitrogen and oxygen atoms in total. The van der Waals surface area contributed by atoms with E-state index in [1.54, 1.807) is 0 Å². The van der Waals surface area contributed by atoms with Gasteiger partial charge in [-0.05, 0) is 28.4 Å². The molecule has 19 heavy (non-hydrogen) atoms. The summed E-state index contributed by atoms with van der Waals surface area (Å²) >= 11 is 8.84. The summed E-state index contributed by atoms with van der Waals surface area (Å²) in [5.74, 6) is -0.457. The minimum Gasteiger partial charge on any atom is -0.280 e. The van der Waals surface area contributed by atoms with E-state index in [9.17, 15) is 16.8 Å². The highest BCUT2D eigenvalue weighted by atomic mass is 79.9. The highest BCUT2D eigenvalue weighted by Crippen LogP contribution is 2.27. The zero-order chi connectivity index (χ0) is 14.3. The van der Waals surface area contributed by atoms with Crippen molar-refractivity contribution in [3.05, 3.63) is 21.9 Å². The van der Waals surface area contributed by atoms with Crippen LogP contribution in [0.25, 0.3) is 0 Å². The Morgan fingerprint density at radius 3 is 2.74 bits per heavy atom. The molecule has 0 spiro atoms. The molecule has 1 aliphatic heterocycles. The summed E-state index contributed by atoms with van der Waals surface area (Å²) in [6, 6.07) is 1.40. The lowest BCUT2D eigenvalue weighted by molar-refractivity contribution is 0.587. The molecule has 0 saturated carbocycles. The summed E-state index contributed by atoms with van der Waals surface area (Å²) in [6.07, 6.45) is 1.47. The molecule has 2 heterocycles. The van der Waals surface area contributed by atoms with Crippen LogP contribution in [0.15, 0.2) is 16.9 Å². The Labute approximate surface area is 124 Å². The van der Waals surface area contributed by atoms with Crippen LogP contribution in [0.1, 0.15) is 6.42 Å². The maximum absolute atomic E-state index is 12.1. The number of hydrogen-bond acceptors (Lipinski definition) is 5. The lowest BCUT2D eigenvalue weighted by atomic mass is 10.4. The molecule has 0 radical (unpaired) electrons. The number of halogens is 2. The highest BCUT2D eigenvalue weighted by molar-refractivity contribution is 9.10. The minimum atomic E-state index is -3.78. The second-order valence-corrected chi connectivity index (χ2v) is 9.54. The first-order valence-corrected chi connectivity index (χ1v) is 9.76. The predicted molar refractivity (Wildman–Crippen MR) is 76.5 cm³/mol. The van der Waals surface area contributed by atoms with Crippen molar-refractivity contribution in [3.8, 4) is 0 Å². The third-order valence-corrected chi connectivity index (χ3v) is 7.29. The Morgan fingerprint density at radius 2 is 2.16 bits per heavy atom. The van der Waals surface area contributed by atoms with Gasteiger partial charge in [-0.1, -0.05) is 11.6 Å². The fourth-order valence-corrected chi connectivity index (χ4v) is 6.43. The molecule has 1 aliphatic rings. The maximum Gasteiger partial charge on any atom is 0.236 e. The van der Waals surface area contributed by atoms with Crippen molar-refractivity contribution in [2.24, 2.45) is 0 Å². The van der Waals surface area contributed by atoms with E-state index in [0.717, 1.165) is 0 Å². The topological polar surface area (TPSA) is 93.2 Å². The monoisotopic (exact) mass is 388 g/mol. The average molecular weight is 390 g/mol. The Morgan fingerprint density at radius 1 is 1.47 bits per heavy atom. The molecular weight excluding hydrogens is 380 g/mol. The molecule has 106 valence electrons. The number of nitrogens with one attached hydrogen (secondary N) is 1. The lowest BCUT2D eigenvalue weighted by Gasteiger charge is -2.13. The second-order valence-electron chi connectivity index (χ2n) is 4.16. The molecule has 1 unspecified atom stereocenters. The molecule has 1 N–H and O–H groups in total. The number of nitrogens with zero attached hydrogens (tertiary/aromatic N) is 1. The van der Waals surface area contributed by atoms with Crippen LogP contribution in [0.2, 0.25) is 5.02 Å². The van der Waals surface area contributed by atoms with Gasteiger partial charge in [-0.15, -0.1) is 0 Å². The van der Waals surface area contributed by atoms with Gasteiger partial charge in [0, 0.05) is 6.20 Å². The largest absolute Gasteiger partial charge is 0.280 e. The summed E-state index contributed by atoms with van der Waals surface area (Å²) in [5.41, 5.74) is 0.191. The normalized spacial score (nSPS) is 22.3. The molecule has 2 rings (SSSR count). The summed E-state index contributed by atoms with van der Waals surface area (Å²) < 4.78 is 49.4. The van der Waals surface area contributed by atoms with Gasteiger partial charge in [0.25, 0.3) is 0 Å². The fourth-order valence-electron chi connectivity index (χ4n) is 1.74. The molecule has 1 aromatic rings. The number of anilines is 1. The van der Waals surface area contributed by atoms with Crippen molar-refractivity contribution in [3.63, 3.8) is 0 Å². The van der Waals surface area contributed by atoms with Gasteiger partial charge in [0.1, 0.15) is 4.60 Å². The quantitative estimate of drug-likeness (QED) is 0.789. The molecule has 1 fully saturated rings. The zero-order valence-electron chi connectivity index (χ0n) is 9.51. The van der Waals surface area contributed by atoms with Gasteiger partial charge in [0.2, 0.25) is 10.0 Å². The van der Waals surface area contributed by atoms with Gasteiger partial charge in [-0.3, -0.25) is 4.72 Å². The van der Waals surface area contributed by atoms with E-state index < -0.39 is 25.1 Å². The van der Waals surface area contributed by atoms with Crippen LogP contribution in [0.4, 0.5) is 5.69 Å². The molecule has 10 heteroatoms. The fraction of sp³-hybridized carbons (Fsp3) is 0.444. The standard InChI is InChI=1S/C9H10BrClN2O4S2/c10-9-8(3-6(11)4-12-9)13-19(16,17)7-1-2-18(14,15)5-7/h3-4,7,13H,1-2,5H2. The van der Waals surface area contributed by atoms with Gasteiger partial charge >= 0.3 is 0 Å². The van der Waals surface area contributed by atoms with Crippen LogP contribution in [-0.4, -0.2) is 38.6 Å². The number of aromatic nitrogens is 1. The van der Waals surface area contributed by atoms with Crippen LogP contribution in [0, 0.1) is 0 Å². The first-order valence-electron chi connectivity index (χ1n) is 5.23. The number of sulfonamides is 1. The third kappa shape index (κ3) is 3.59. The summed E-state index contributed by atoms with van der Waals surface area (Å²) in [5, 5.41) is -0.664. The molecular formula is C9H10BrClN2O4S2. The third-order valence-electron chi connectivity index (χ3n) is 2.69. The van der Waals surface area contributed by atoms with E-state index in [2.05, 4.69) is 25.6 Å².